The van der Waals surface area contributed by atoms with Crippen molar-refractivity contribution in [3.8, 4) is 17.2 Å². The third kappa shape index (κ3) is 5.37. The van der Waals surface area contributed by atoms with Crippen molar-refractivity contribution in [3.63, 3.8) is 0 Å². The van der Waals surface area contributed by atoms with Gasteiger partial charge in [0.05, 0.1) is 14.2 Å². The number of hydrogen-bond donors (Lipinski definition) is 1. The van der Waals surface area contributed by atoms with Gasteiger partial charge in [-0.3, -0.25) is 9.59 Å². The summed E-state index contributed by atoms with van der Waals surface area (Å²) in [6.45, 7) is -0.0681. The number of ketones is 1. The molecule has 0 radical (unpaired) electrons. The predicted molar refractivity (Wildman–Crippen MR) is 98.9 cm³/mol. The Hall–Kier alpha value is -3.28. The molecular formula is C20H21NO5. The molecule has 0 spiro atoms. The number of likely N-dealkylation sites (N-methyl/N-ethyl adjacent to an activating group) is 1. The molecule has 0 saturated heterocycles. The van der Waals surface area contributed by atoms with Gasteiger partial charge in [-0.05, 0) is 48.0 Å². The van der Waals surface area contributed by atoms with E-state index >= 15 is 0 Å². The van der Waals surface area contributed by atoms with Gasteiger partial charge in [0.25, 0.3) is 5.91 Å². The topological polar surface area (TPSA) is 73.9 Å². The van der Waals surface area contributed by atoms with Crippen LogP contribution in [0.4, 0.5) is 0 Å². The van der Waals surface area contributed by atoms with Gasteiger partial charge >= 0.3 is 0 Å². The zero-order valence-corrected chi connectivity index (χ0v) is 14.9. The summed E-state index contributed by atoms with van der Waals surface area (Å²) in [5, 5.41) is 2.47. The van der Waals surface area contributed by atoms with Crippen LogP contribution in [0.1, 0.15) is 15.9 Å². The van der Waals surface area contributed by atoms with Crippen molar-refractivity contribution in [2.24, 2.45) is 0 Å². The molecule has 2 aromatic rings. The van der Waals surface area contributed by atoms with E-state index in [0.29, 0.717) is 22.8 Å². The monoisotopic (exact) mass is 355 g/mol. The molecule has 0 fully saturated rings. The average molecular weight is 355 g/mol. The molecule has 1 N–H and O–H groups in total. The lowest BCUT2D eigenvalue weighted by Gasteiger charge is -2.06. The van der Waals surface area contributed by atoms with E-state index in [-0.39, 0.29) is 18.3 Å². The molecular weight excluding hydrogens is 334 g/mol. The molecule has 0 aliphatic rings. The molecule has 26 heavy (non-hydrogen) atoms. The predicted octanol–water partition coefficient (Wildman–Crippen LogP) is 2.72. The minimum Gasteiger partial charge on any atom is -0.497 e. The van der Waals surface area contributed by atoms with Crippen molar-refractivity contribution < 1.29 is 23.8 Å². The summed E-state index contributed by atoms with van der Waals surface area (Å²) in [7, 11) is 4.68. The zero-order valence-electron chi connectivity index (χ0n) is 14.9. The molecule has 0 heterocycles. The SMILES string of the molecule is CNC(=O)COc1ccc(C(=O)/C=C/c2cc(OC)cc(OC)c2)cc1. The maximum atomic E-state index is 12.3. The molecule has 136 valence electrons. The first-order valence-electron chi connectivity index (χ1n) is 7.94. The highest BCUT2D eigenvalue weighted by atomic mass is 16.5. The van der Waals surface area contributed by atoms with Gasteiger partial charge in [-0.2, -0.15) is 0 Å². The summed E-state index contributed by atoms with van der Waals surface area (Å²) in [4.78, 5) is 23.5. The lowest BCUT2D eigenvalue weighted by molar-refractivity contribution is -0.122. The van der Waals surface area contributed by atoms with Crippen molar-refractivity contribution in [1.29, 1.82) is 0 Å². The highest BCUT2D eigenvalue weighted by Gasteiger charge is 2.05. The van der Waals surface area contributed by atoms with E-state index < -0.39 is 0 Å². The summed E-state index contributed by atoms with van der Waals surface area (Å²) in [6.07, 6.45) is 3.18. The van der Waals surface area contributed by atoms with Crippen LogP contribution in [-0.2, 0) is 4.79 Å². The van der Waals surface area contributed by atoms with Gasteiger partial charge in [0.15, 0.2) is 12.4 Å². The van der Waals surface area contributed by atoms with Gasteiger partial charge in [-0.15, -0.1) is 0 Å². The Morgan fingerprint density at radius 3 is 2.12 bits per heavy atom. The van der Waals surface area contributed by atoms with Gasteiger partial charge in [0.2, 0.25) is 0 Å². The van der Waals surface area contributed by atoms with Crippen molar-refractivity contribution in [2.75, 3.05) is 27.9 Å². The smallest absolute Gasteiger partial charge is 0.257 e. The summed E-state index contributed by atoms with van der Waals surface area (Å²) in [5.74, 6) is 1.45. The van der Waals surface area contributed by atoms with Crippen LogP contribution in [-0.4, -0.2) is 39.6 Å². The van der Waals surface area contributed by atoms with E-state index in [0.717, 1.165) is 5.56 Å². The van der Waals surface area contributed by atoms with Crippen LogP contribution >= 0.6 is 0 Å². The van der Waals surface area contributed by atoms with Crippen molar-refractivity contribution in [1.82, 2.24) is 5.32 Å². The van der Waals surface area contributed by atoms with Crippen LogP contribution in [0.5, 0.6) is 17.2 Å². The van der Waals surface area contributed by atoms with Crippen LogP contribution in [0.15, 0.2) is 48.5 Å². The molecule has 0 aliphatic heterocycles. The zero-order chi connectivity index (χ0) is 18.9. The van der Waals surface area contributed by atoms with E-state index in [1.54, 1.807) is 50.6 Å². The number of ether oxygens (including phenoxy) is 3. The Kier molecular flexibility index (Phi) is 6.79. The van der Waals surface area contributed by atoms with Crippen molar-refractivity contribution in [3.05, 3.63) is 59.7 Å². The molecule has 2 rings (SSSR count). The van der Waals surface area contributed by atoms with Gasteiger partial charge < -0.3 is 19.5 Å². The van der Waals surface area contributed by atoms with Gasteiger partial charge in [0.1, 0.15) is 17.2 Å². The number of methoxy groups -OCH3 is 2. The number of allylic oxidation sites excluding steroid dienone is 1. The standard InChI is InChI=1S/C20H21NO5/c1-21-20(23)13-26-16-7-5-15(6-8-16)19(22)9-4-14-10-17(24-2)12-18(11-14)25-3/h4-12H,13H2,1-3H3,(H,21,23)/b9-4+. The second kappa shape index (κ2) is 9.27. The molecule has 0 aromatic heterocycles. The van der Waals surface area contributed by atoms with E-state index in [1.165, 1.54) is 13.1 Å². The molecule has 6 nitrogen and oxygen atoms in total. The number of carbonyl (C=O) groups excluding carboxylic acids is 2. The number of benzene rings is 2. The Balaban J connectivity index is 2.05. The third-order valence-corrected chi connectivity index (χ3v) is 3.59. The van der Waals surface area contributed by atoms with Gasteiger partial charge in [-0.25, -0.2) is 0 Å². The van der Waals surface area contributed by atoms with Crippen LogP contribution in [0, 0.1) is 0 Å². The fourth-order valence-corrected chi connectivity index (χ4v) is 2.13. The van der Waals surface area contributed by atoms with Crippen molar-refractivity contribution >= 4 is 17.8 Å². The number of rotatable bonds is 8. The first-order chi connectivity index (χ1) is 12.5. The maximum Gasteiger partial charge on any atom is 0.257 e. The molecule has 0 saturated carbocycles. The fourth-order valence-electron chi connectivity index (χ4n) is 2.13. The molecule has 6 heteroatoms. The van der Waals surface area contributed by atoms with Gasteiger partial charge in [-0.1, -0.05) is 6.08 Å². The Morgan fingerprint density at radius 2 is 1.58 bits per heavy atom. The Labute approximate surface area is 152 Å². The second-order valence-corrected chi connectivity index (χ2v) is 5.33. The maximum absolute atomic E-state index is 12.3. The molecule has 0 unspecified atom stereocenters. The molecule has 0 aliphatic carbocycles. The van der Waals surface area contributed by atoms with Crippen molar-refractivity contribution in [2.45, 2.75) is 0 Å². The first-order valence-corrected chi connectivity index (χ1v) is 7.94. The highest BCUT2D eigenvalue weighted by Crippen LogP contribution is 2.23. The normalized spacial score (nSPS) is 10.4. The summed E-state index contributed by atoms with van der Waals surface area (Å²) in [6, 6.07) is 12.0. The summed E-state index contributed by atoms with van der Waals surface area (Å²) in [5.41, 5.74) is 1.31. The quantitative estimate of drug-likeness (QED) is 0.582. The highest BCUT2D eigenvalue weighted by molar-refractivity contribution is 6.06. The van der Waals surface area contributed by atoms with E-state index in [1.807, 2.05) is 12.1 Å². The number of amides is 1. The van der Waals surface area contributed by atoms with Gasteiger partial charge in [0, 0.05) is 18.7 Å². The van der Waals surface area contributed by atoms with Crippen LogP contribution in [0.2, 0.25) is 0 Å². The lowest BCUT2D eigenvalue weighted by atomic mass is 10.1. The second-order valence-electron chi connectivity index (χ2n) is 5.33. The molecule has 0 atom stereocenters. The lowest BCUT2D eigenvalue weighted by Crippen LogP contribution is -2.24. The minimum absolute atomic E-state index is 0.0681. The number of hydrogen-bond acceptors (Lipinski definition) is 5. The third-order valence-electron chi connectivity index (χ3n) is 3.59. The van der Waals surface area contributed by atoms with E-state index in [2.05, 4.69) is 5.32 Å². The van der Waals surface area contributed by atoms with E-state index in [4.69, 9.17) is 14.2 Å². The number of carbonyl (C=O) groups is 2. The molecule has 2 aromatic carbocycles. The summed E-state index contributed by atoms with van der Waals surface area (Å²) < 4.78 is 15.7. The van der Waals surface area contributed by atoms with Crippen LogP contribution in [0.25, 0.3) is 6.08 Å². The van der Waals surface area contributed by atoms with Crippen LogP contribution < -0.4 is 19.5 Å². The minimum atomic E-state index is -0.221. The number of nitrogens with one attached hydrogen (secondary N) is 1. The Morgan fingerprint density at radius 1 is 0.962 bits per heavy atom. The Bertz CT molecular complexity index is 774. The average Bonchev–Trinajstić information content (AvgIpc) is 2.70. The first kappa shape index (κ1) is 19.1. The molecule has 0 bridgehead atoms. The fraction of sp³-hybridized carbons (Fsp3) is 0.200. The van der Waals surface area contributed by atoms with Crippen LogP contribution in [0.3, 0.4) is 0 Å². The van der Waals surface area contributed by atoms with E-state index in [9.17, 15) is 9.59 Å². The largest absolute Gasteiger partial charge is 0.497 e. The summed E-state index contributed by atoms with van der Waals surface area (Å²) >= 11 is 0. The molecule has 1 amide bonds.